The third-order valence-electron chi connectivity index (χ3n) is 6.72. The molecule has 2 aliphatic rings. The SMILES string of the molecule is CC[C@@]1(O)C(=O)OCc2c1cc1n(c2=O)C(c2ccc(F)cc2)c2cc3ccccc3nc2-1. The van der Waals surface area contributed by atoms with Gasteiger partial charge in [-0.2, -0.15) is 0 Å². The molecule has 4 aromatic rings. The zero-order valence-corrected chi connectivity index (χ0v) is 17.7. The summed E-state index contributed by atoms with van der Waals surface area (Å²) in [5.74, 6) is -1.13. The van der Waals surface area contributed by atoms with Crippen molar-refractivity contribution in [3.63, 3.8) is 0 Å². The molecule has 2 aromatic heterocycles. The van der Waals surface area contributed by atoms with Gasteiger partial charge in [0, 0.05) is 16.5 Å². The van der Waals surface area contributed by atoms with Crippen LogP contribution in [0.25, 0.3) is 22.3 Å². The average Bonchev–Trinajstić information content (AvgIpc) is 3.14. The number of fused-ring (bicyclic) bond motifs is 5. The van der Waals surface area contributed by atoms with Gasteiger partial charge in [0.2, 0.25) is 0 Å². The van der Waals surface area contributed by atoms with Gasteiger partial charge in [-0.3, -0.25) is 9.36 Å². The molecule has 2 aromatic carbocycles. The number of carbonyl (C=O) groups is 1. The second-order valence-corrected chi connectivity index (χ2v) is 8.46. The molecule has 7 heteroatoms. The van der Waals surface area contributed by atoms with Crippen LogP contribution in [-0.2, 0) is 21.7 Å². The topological polar surface area (TPSA) is 81.4 Å². The summed E-state index contributed by atoms with van der Waals surface area (Å²) in [4.78, 5) is 31.1. The van der Waals surface area contributed by atoms with E-state index >= 15 is 0 Å². The Hall–Kier alpha value is -3.84. The molecule has 1 N–H and O–H groups in total. The van der Waals surface area contributed by atoms with Crippen molar-refractivity contribution in [1.82, 2.24) is 9.55 Å². The van der Waals surface area contributed by atoms with E-state index in [1.165, 1.54) is 12.1 Å². The van der Waals surface area contributed by atoms with Gasteiger partial charge in [0.05, 0.1) is 28.5 Å². The smallest absolute Gasteiger partial charge is 0.343 e. The molecular weight excluding hydrogens is 423 g/mol. The van der Waals surface area contributed by atoms with Crippen molar-refractivity contribution in [2.24, 2.45) is 0 Å². The van der Waals surface area contributed by atoms with E-state index in [4.69, 9.17) is 9.72 Å². The van der Waals surface area contributed by atoms with Gasteiger partial charge in [-0.15, -0.1) is 0 Å². The number of ether oxygens (including phenoxy) is 1. The van der Waals surface area contributed by atoms with Crippen molar-refractivity contribution in [3.8, 4) is 11.4 Å². The van der Waals surface area contributed by atoms with Gasteiger partial charge in [-0.05, 0) is 42.3 Å². The number of cyclic esters (lactones) is 1. The van der Waals surface area contributed by atoms with Crippen molar-refractivity contribution in [1.29, 1.82) is 0 Å². The molecular formula is C26H19FN2O4. The highest BCUT2D eigenvalue weighted by Crippen LogP contribution is 2.44. The number of rotatable bonds is 2. The molecule has 6 rings (SSSR count). The predicted octanol–water partition coefficient (Wildman–Crippen LogP) is 3.81. The summed E-state index contributed by atoms with van der Waals surface area (Å²) in [5.41, 5.74) is 1.64. The van der Waals surface area contributed by atoms with Crippen LogP contribution in [0.5, 0.6) is 0 Å². The van der Waals surface area contributed by atoms with Crippen LogP contribution < -0.4 is 5.56 Å². The number of aromatic nitrogens is 2. The molecule has 33 heavy (non-hydrogen) atoms. The largest absolute Gasteiger partial charge is 0.458 e. The molecule has 0 aliphatic carbocycles. The summed E-state index contributed by atoms with van der Waals surface area (Å²) in [7, 11) is 0. The molecule has 164 valence electrons. The van der Waals surface area contributed by atoms with Crippen molar-refractivity contribution in [2.75, 3.05) is 0 Å². The number of hydrogen-bond acceptors (Lipinski definition) is 5. The quantitative estimate of drug-likeness (QED) is 0.421. The summed E-state index contributed by atoms with van der Waals surface area (Å²) in [6.45, 7) is 1.46. The molecule has 0 radical (unpaired) electrons. The fraction of sp³-hybridized carbons (Fsp3) is 0.192. The Balaban J connectivity index is 1.71. The minimum Gasteiger partial charge on any atom is -0.458 e. The normalized spacial score (nSPS) is 20.8. The first-order valence-electron chi connectivity index (χ1n) is 10.8. The zero-order chi connectivity index (χ0) is 22.9. The predicted molar refractivity (Wildman–Crippen MR) is 119 cm³/mol. The van der Waals surface area contributed by atoms with Crippen LogP contribution in [-0.4, -0.2) is 20.6 Å². The van der Waals surface area contributed by atoms with Crippen LogP contribution in [0.15, 0.2) is 65.5 Å². The van der Waals surface area contributed by atoms with Gasteiger partial charge in [0.25, 0.3) is 5.56 Å². The lowest BCUT2D eigenvalue weighted by atomic mass is 9.86. The van der Waals surface area contributed by atoms with E-state index in [0.29, 0.717) is 11.4 Å². The Morgan fingerprint density at radius 1 is 1.15 bits per heavy atom. The van der Waals surface area contributed by atoms with Crippen LogP contribution in [0, 0.1) is 5.82 Å². The molecule has 0 saturated carbocycles. The molecule has 0 bridgehead atoms. The van der Waals surface area contributed by atoms with Crippen LogP contribution in [0.2, 0.25) is 0 Å². The standard InChI is InChI=1S/C26H19FN2O4/c1-2-26(32)19-12-21-22-17(11-15-5-3-4-6-20(15)28-22)23(14-7-9-16(27)10-8-14)29(21)24(30)18(19)13-33-25(26)31/h3-12,23,32H,2,13H2,1H3/t23?,26-/m0/s1. The van der Waals surface area contributed by atoms with Crippen molar-refractivity contribution >= 4 is 16.9 Å². The first-order valence-corrected chi connectivity index (χ1v) is 10.8. The summed E-state index contributed by atoms with van der Waals surface area (Å²) < 4.78 is 20.5. The Kier molecular flexibility index (Phi) is 4.10. The van der Waals surface area contributed by atoms with E-state index in [1.54, 1.807) is 29.7 Å². The van der Waals surface area contributed by atoms with E-state index in [-0.39, 0.29) is 35.5 Å². The highest BCUT2D eigenvalue weighted by atomic mass is 19.1. The lowest BCUT2D eigenvalue weighted by molar-refractivity contribution is -0.172. The van der Waals surface area contributed by atoms with Crippen LogP contribution in [0.3, 0.4) is 0 Å². The average molecular weight is 442 g/mol. The Bertz CT molecular complexity index is 1530. The maximum atomic E-state index is 13.8. The third kappa shape index (κ3) is 2.66. The van der Waals surface area contributed by atoms with Crippen molar-refractivity contribution < 1.29 is 19.0 Å². The summed E-state index contributed by atoms with van der Waals surface area (Å²) in [6, 6.07) is 16.8. The Labute approximate surface area is 187 Å². The van der Waals surface area contributed by atoms with E-state index in [0.717, 1.165) is 22.0 Å². The number of nitrogens with zero attached hydrogens (tertiary/aromatic N) is 2. The molecule has 2 aliphatic heterocycles. The number of hydrogen-bond donors (Lipinski definition) is 1. The second kappa shape index (κ2) is 6.83. The van der Waals surface area contributed by atoms with Crippen molar-refractivity contribution in [2.45, 2.75) is 31.6 Å². The van der Waals surface area contributed by atoms with Gasteiger partial charge in [-0.25, -0.2) is 14.2 Å². The minimum atomic E-state index is -1.90. The van der Waals surface area contributed by atoms with Crippen LogP contribution >= 0.6 is 0 Å². The van der Waals surface area contributed by atoms with Crippen LogP contribution in [0.1, 0.15) is 41.6 Å². The van der Waals surface area contributed by atoms with E-state index in [9.17, 15) is 19.1 Å². The molecule has 4 heterocycles. The third-order valence-corrected chi connectivity index (χ3v) is 6.72. The maximum Gasteiger partial charge on any atom is 0.343 e. The zero-order valence-electron chi connectivity index (χ0n) is 17.7. The molecule has 6 nitrogen and oxygen atoms in total. The minimum absolute atomic E-state index is 0.0706. The van der Waals surface area contributed by atoms with E-state index in [2.05, 4.69) is 0 Å². The Morgan fingerprint density at radius 2 is 1.91 bits per heavy atom. The van der Waals surface area contributed by atoms with Crippen LogP contribution in [0.4, 0.5) is 4.39 Å². The lowest BCUT2D eigenvalue weighted by Gasteiger charge is -2.32. The van der Waals surface area contributed by atoms with Gasteiger partial charge in [0.15, 0.2) is 5.60 Å². The second-order valence-electron chi connectivity index (χ2n) is 8.46. The summed E-state index contributed by atoms with van der Waals surface area (Å²) in [6.07, 6.45) is 0.0706. The first kappa shape index (κ1) is 19.8. The van der Waals surface area contributed by atoms with Gasteiger partial charge >= 0.3 is 5.97 Å². The molecule has 2 atom stereocenters. The lowest BCUT2D eigenvalue weighted by Crippen LogP contribution is -2.44. The number of carbonyl (C=O) groups excluding carboxylic acids is 1. The number of benzene rings is 2. The summed E-state index contributed by atoms with van der Waals surface area (Å²) >= 11 is 0. The molecule has 0 spiro atoms. The highest BCUT2D eigenvalue weighted by molar-refractivity contribution is 5.87. The van der Waals surface area contributed by atoms with E-state index in [1.807, 2.05) is 30.3 Å². The fourth-order valence-corrected chi connectivity index (χ4v) is 4.97. The van der Waals surface area contributed by atoms with Gasteiger partial charge in [-0.1, -0.05) is 37.3 Å². The number of halogens is 1. The number of pyridine rings is 2. The van der Waals surface area contributed by atoms with Crippen molar-refractivity contribution in [3.05, 3.63) is 99.1 Å². The monoisotopic (exact) mass is 442 g/mol. The van der Waals surface area contributed by atoms with Gasteiger partial charge in [0.1, 0.15) is 12.4 Å². The number of aliphatic hydroxyl groups is 1. The Morgan fingerprint density at radius 3 is 2.67 bits per heavy atom. The number of para-hydroxylation sites is 1. The maximum absolute atomic E-state index is 13.8. The molecule has 0 saturated heterocycles. The number of esters is 1. The first-order chi connectivity index (χ1) is 15.9. The summed E-state index contributed by atoms with van der Waals surface area (Å²) in [5, 5.41) is 12.0. The molecule has 0 fully saturated rings. The highest BCUT2D eigenvalue weighted by Gasteiger charge is 2.46. The van der Waals surface area contributed by atoms with E-state index < -0.39 is 17.6 Å². The molecule has 1 unspecified atom stereocenters. The fourth-order valence-electron chi connectivity index (χ4n) is 4.97. The molecule has 0 amide bonds. The van der Waals surface area contributed by atoms with Gasteiger partial charge < -0.3 is 9.84 Å².